The van der Waals surface area contributed by atoms with E-state index in [1.165, 1.54) is 16.4 Å². The van der Waals surface area contributed by atoms with E-state index >= 15 is 0 Å². The minimum absolute atomic E-state index is 0.198. The molecular weight excluding hydrogens is 354 g/mol. The third-order valence-electron chi connectivity index (χ3n) is 4.63. The maximum absolute atomic E-state index is 12.6. The van der Waals surface area contributed by atoms with Crippen molar-refractivity contribution < 1.29 is 17.9 Å². The summed E-state index contributed by atoms with van der Waals surface area (Å²) in [4.78, 5) is 14.6. The van der Waals surface area contributed by atoms with Gasteiger partial charge in [0.05, 0.1) is 18.1 Å². The molecule has 8 heteroatoms. The van der Waals surface area contributed by atoms with Crippen LogP contribution in [0.15, 0.2) is 29.2 Å². The first-order valence-electron chi connectivity index (χ1n) is 8.86. The maximum atomic E-state index is 12.6. The molecule has 0 aliphatic carbocycles. The number of nitrogens with zero attached hydrogens (tertiary/aromatic N) is 2. The number of likely N-dealkylation sites (N-methyl/N-ethyl adjacent to an activating group) is 1. The van der Waals surface area contributed by atoms with E-state index in [0.717, 1.165) is 0 Å². The summed E-state index contributed by atoms with van der Waals surface area (Å²) < 4.78 is 31.8. The quantitative estimate of drug-likeness (QED) is 0.761. The third-order valence-corrected chi connectivity index (χ3v) is 6.54. The van der Waals surface area contributed by atoms with Gasteiger partial charge in [-0.3, -0.25) is 4.79 Å². The van der Waals surface area contributed by atoms with E-state index in [9.17, 15) is 13.2 Å². The second kappa shape index (κ2) is 8.94. The lowest BCUT2D eigenvalue weighted by molar-refractivity contribution is 0.0730. The van der Waals surface area contributed by atoms with Crippen molar-refractivity contribution in [2.45, 2.75) is 24.8 Å². The molecule has 0 aromatic heterocycles. The van der Waals surface area contributed by atoms with Crippen LogP contribution in [0.5, 0.6) is 0 Å². The van der Waals surface area contributed by atoms with Gasteiger partial charge in [-0.15, -0.1) is 0 Å². The average molecular weight is 384 g/mol. The van der Waals surface area contributed by atoms with E-state index < -0.39 is 10.0 Å². The lowest BCUT2D eigenvalue weighted by Gasteiger charge is -2.28. The molecule has 0 radical (unpaired) electrons. The Balaban J connectivity index is 2.03. The molecule has 26 heavy (non-hydrogen) atoms. The number of hydrogen-bond acceptors (Lipinski definition) is 5. The summed E-state index contributed by atoms with van der Waals surface area (Å²) in [5, 5.41) is 2.93. The zero-order chi connectivity index (χ0) is 19.3. The van der Waals surface area contributed by atoms with Gasteiger partial charge < -0.3 is 15.0 Å². The standard InChI is InChI=1S/C18H29N3O4S/c1-14(2)17(20(3)4)13-19-18(22)15-5-7-16(8-6-15)26(23,24)21-9-11-25-12-10-21/h5-8,14,17H,9-13H2,1-4H3,(H,19,22). The maximum Gasteiger partial charge on any atom is 0.251 e. The molecule has 1 unspecified atom stereocenters. The van der Waals surface area contributed by atoms with Gasteiger partial charge in [0.15, 0.2) is 0 Å². The van der Waals surface area contributed by atoms with E-state index in [2.05, 4.69) is 24.1 Å². The normalized spacial score (nSPS) is 17.5. The van der Waals surface area contributed by atoms with Gasteiger partial charge in [-0.05, 0) is 44.3 Å². The van der Waals surface area contributed by atoms with Crippen molar-refractivity contribution in [2.24, 2.45) is 5.92 Å². The van der Waals surface area contributed by atoms with E-state index in [0.29, 0.717) is 44.3 Å². The molecule has 1 N–H and O–H groups in total. The van der Waals surface area contributed by atoms with Crippen molar-refractivity contribution in [2.75, 3.05) is 46.9 Å². The smallest absolute Gasteiger partial charge is 0.251 e. The summed E-state index contributed by atoms with van der Waals surface area (Å²) in [6, 6.07) is 6.34. The van der Waals surface area contributed by atoms with Crippen LogP contribution in [0, 0.1) is 5.92 Å². The van der Waals surface area contributed by atoms with Gasteiger partial charge in [-0.25, -0.2) is 8.42 Å². The fourth-order valence-corrected chi connectivity index (χ4v) is 4.44. The molecule has 0 saturated carbocycles. The second-order valence-electron chi connectivity index (χ2n) is 7.03. The summed E-state index contributed by atoms with van der Waals surface area (Å²) >= 11 is 0. The van der Waals surface area contributed by atoms with Gasteiger partial charge in [0.2, 0.25) is 10.0 Å². The number of morpholine rings is 1. The number of benzene rings is 1. The Hall–Kier alpha value is -1.48. The van der Waals surface area contributed by atoms with Crippen molar-refractivity contribution in [3.63, 3.8) is 0 Å². The van der Waals surface area contributed by atoms with Crippen molar-refractivity contribution in [3.05, 3.63) is 29.8 Å². The number of nitrogens with one attached hydrogen (secondary N) is 1. The highest BCUT2D eigenvalue weighted by molar-refractivity contribution is 7.89. The summed E-state index contributed by atoms with van der Waals surface area (Å²) in [6.45, 7) is 6.28. The van der Waals surface area contributed by atoms with Gasteiger partial charge in [-0.1, -0.05) is 13.8 Å². The third kappa shape index (κ3) is 5.03. The van der Waals surface area contributed by atoms with Crippen LogP contribution in [0.3, 0.4) is 0 Å². The summed E-state index contributed by atoms with van der Waals surface area (Å²) in [5.74, 6) is 0.208. The monoisotopic (exact) mass is 383 g/mol. The number of ether oxygens (including phenoxy) is 1. The molecule has 1 aromatic carbocycles. The number of carbonyl (C=O) groups is 1. The number of carbonyl (C=O) groups excluding carboxylic acids is 1. The molecule has 7 nitrogen and oxygen atoms in total. The Kier molecular flexibility index (Phi) is 7.16. The van der Waals surface area contributed by atoms with Crippen LogP contribution >= 0.6 is 0 Å². The highest BCUT2D eigenvalue weighted by Gasteiger charge is 2.26. The second-order valence-corrected chi connectivity index (χ2v) is 8.96. The molecule has 1 aliphatic heterocycles. The Morgan fingerprint density at radius 3 is 2.27 bits per heavy atom. The molecule has 1 atom stereocenters. The number of sulfonamides is 1. The topological polar surface area (TPSA) is 79.0 Å². The molecule has 0 spiro atoms. The lowest BCUT2D eigenvalue weighted by Crippen LogP contribution is -2.43. The molecule has 2 rings (SSSR count). The zero-order valence-electron chi connectivity index (χ0n) is 15.9. The zero-order valence-corrected chi connectivity index (χ0v) is 16.8. The van der Waals surface area contributed by atoms with Gasteiger partial charge in [-0.2, -0.15) is 4.31 Å². The predicted octanol–water partition coefficient (Wildman–Crippen LogP) is 1.02. The Labute approximate surface area is 156 Å². The first kappa shape index (κ1) is 20.8. The summed E-state index contributed by atoms with van der Waals surface area (Å²) in [6.07, 6.45) is 0. The van der Waals surface area contributed by atoms with Crippen molar-refractivity contribution >= 4 is 15.9 Å². The van der Waals surface area contributed by atoms with Crippen LogP contribution in [-0.2, 0) is 14.8 Å². The van der Waals surface area contributed by atoms with Crippen molar-refractivity contribution in [1.29, 1.82) is 0 Å². The van der Waals surface area contributed by atoms with Crippen LogP contribution in [0.25, 0.3) is 0 Å². The van der Waals surface area contributed by atoms with Gasteiger partial charge >= 0.3 is 0 Å². The van der Waals surface area contributed by atoms with Crippen molar-refractivity contribution in [1.82, 2.24) is 14.5 Å². The van der Waals surface area contributed by atoms with Gasteiger partial charge in [0.1, 0.15) is 0 Å². The Bertz CT molecular complexity index is 688. The largest absolute Gasteiger partial charge is 0.379 e. The van der Waals surface area contributed by atoms with E-state index in [1.54, 1.807) is 12.1 Å². The highest BCUT2D eigenvalue weighted by Crippen LogP contribution is 2.17. The lowest BCUT2D eigenvalue weighted by atomic mass is 10.0. The molecular formula is C18H29N3O4S. The first-order valence-corrected chi connectivity index (χ1v) is 10.3. The molecule has 1 fully saturated rings. The average Bonchev–Trinajstić information content (AvgIpc) is 2.62. The first-order chi connectivity index (χ1) is 12.2. The van der Waals surface area contributed by atoms with Crippen LogP contribution in [0.1, 0.15) is 24.2 Å². The van der Waals surface area contributed by atoms with Gasteiger partial charge in [0.25, 0.3) is 5.91 Å². The minimum Gasteiger partial charge on any atom is -0.379 e. The molecule has 1 aliphatic rings. The summed E-state index contributed by atoms with van der Waals surface area (Å²) in [5.41, 5.74) is 0.451. The number of amides is 1. The fourth-order valence-electron chi connectivity index (χ4n) is 3.03. The molecule has 1 saturated heterocycles. The fraction of sp³-hybridized carbons (Fsp3) is 0.611. The van der Waals surface area contributed by atoms with Crippen LogP contribution in [-0.4, -0.2) is 76.5 Å². The molecule has 1 aromatic rings. The summed E-state index contributed by atoms with van der Waals surface area (Å²) in [7, 11) is 0.439. The number of hydrogen-bond donors (Lipinski definition) is 1. The van der Waals surface area contributed by atoms with Crippen LogP contribution in [0.2, 0.25) is 0 Å². The van der Waals surface area contributed by atoms with E-state index in [1.807, 2.05) is 14.1 Å². The molecule has 0 bridgehead atoms. The van der Waals surface area contributed by atoms with E-state index in [-0.39, 0.29) is 16.8 Å². The highest BCUT2D eigenvalue weighted by atomic mass is 32.2. The Morgan fingerprint density at radius 2 is 1.77 bits per heavy atom. The van der Waals surface area contributed by atoms with Gasteiger partial charge in [0, 0.05) is 31.2 Å². The van der Waals surface area contributed by atoms with E-state index in [4.69, 9.17) is 4.74 Å². The molecule has 1 amide bonds. The predicted molar refractivity (Wildman–Crippen MR) is 101 cm³/mol. The SMILES string of the molecule is CC(C)C(CNC(=O)c1ccc(S(=O)(=O)N2CCOCC2)cc1)N(C)C. The Morgan fingerprint density at radius 1 is 1.19 bits per heavy atom. The molecule has 1 heterocycles. The van der Waals surface area contributed by atoms with Crippen molar-refractivity contribution in [3.8, 4) is 0 Å². The van der Waals surface area contributed by atoms with Crippen LogP contribution < -0.4 is 5.32 Å². The molecule has 146 valence electrons. The number of rotatable bonds is 7. The minimum atomic E-state index is -3.54. The van der Waals surface area contributed by atoms with Crippen LogP contribution in [0.4, 0.5) is 0 Å².